The highest BCUT2D eigenvalue weighted by molar-refractivity contribution is 5.92. The van der Waals surface area contributed by atoms with Crippen LogP contribution in [0, 0.1) is 0 Å². The van der Waals surface area contributed by atoms with Gasteiger partial charge in [0, 0.05) is 38.1 Å². The van der Waals surface area contributed by atoms with E-state index in [0.717, 1.165) is 25.3 Å². The molecular formula is C15H24N4O. The molecule has 2 N–H and O–H groups in total. The van der Waals surface area contributed by atoms with Crippen LogP contribution >= 0.6 is 0 Å². The van der Waals surface area contributed by atoms with Crippen LogP contribution in [0.25, 0.3) is 0 Å². The van der Waals surface area contributed by atoms with E-state index in [2.05, 4.69) is 27.4 Å². The Kier molecular flexibility index (Phi) is 5.35. The average Bonchev–Trinajstić information content (AvgIpc) is 2.52. The first-order valence-corrected chi connectivity index (χ1v) is 7.41. The molecule has 0 saturated carbocycles. The lowest BCUT2D eigenvalue weighted by Gasteiger charge is -2.37. The first kappa shape index (κ1) is 14.8. The normalized spacial score (nSPS) is 18.9. The van der Waals surface area contributed by atoms with E-state index in [1.165, 1.54) is 19.3 Å². The molecule has 1 fully saturated rings. The van der Waals surface area contributed by atoms with Crippen LogP contribution in [-0.4, -0.2) is 43.6 Å². The maximum Gasteiger partial charge on any atom is 0.269 e. The number of nitrogens with one attached hydrogen (secondary N) is 2. The van der Waals surface area contributed by atoms with Crippen LogP contribution in [0.1, 0.15) is 36.7 Å². The molecule has 2 heterocycles. The Balaban J connectivity index is 2.16. The molecule has 1 aromatic rings. The zero-order valence-electron chi connectivity index (χ0n) is 12.4. The Morgan fingerprint density at radius 1 is 1.50 bits per heavy atom. The highest BCUT2D eigenvalue weighted by Gasteiger charge is 2.22. The first-order chi connectivity index (χ1) is 9.76. The summed E-state index contributed by atoms with van der Waals surface area (Å²) in [4.78, 5) is 18.2. The Morgan fingerprint density at radius 3 is 3.10 bits per heavy atom. The van der Waals surface area contributed by atoms with Gasteiger partial charge in [0.2, 0.25) is 0 Å². The third kappa shape index (κ3) is 3.48. The third-order valence-corrected chi connectivity index (χ3v) is 3.79. The van der Waals surface area contributed by atoms with Crippen molar-refractivity contribution in [1.82, 2.24) is 15.6 Å². The molecule has 0 radical (unpaired) electrons. The van der Waals surface area contributed by atoms with Crippen molar-refractivity contribution < 1.29 is 4.79 Å². The van der Waals surface area contributed by atoms with Crippen LogP contribution in [0.5, 0.6) is 0 Å². The molecular weight excluding hydrogens is 252 g/mol. The highest BCUT2D eigenvalue weighted by atomic mass is 16.1. The molecule has 5 heteroatoms. The van der Waals surface area contributed by atoms with Crippen molar-refractivity contribution in [3.8, 4) is 0 Å². The Morgan fingerprint density at radius 2 is 2.35 bits per heavy atom. The molecule has 0 aromatic carbocycles. The fraction of sp³-hybridized carbons (Fsp3) is 0.600. The van der Waals surface area contributed by atoms with Crippen molar-refractivity contribution in [2.45, 2.75) is 32.2 Å². The Labute approximate surface area is 120 Å². The van der Waals surface area contributed by atoms with Crippen molar-refractivity contribution >= 4 is 11.6 Å². The van der Waals surface area contributed by atoms with E-state index in [1.807, 2.05) is 12.1 Å². The van der Waals surface area contributed by atoms with Gasteiger partial charge < -0.3 is 15.5 Å². The molecule has 110 valence electrons. The summed E-state index contributed by atoms with van der Waals surface area (Å²) in [6, 6.07) is 4.39. The second-order valence-electron chi connectivity index (χ2n) is 5.13. The lowest BCUT2D eigenvalue weighted by atomic mass is 10.0. The van der Waals surface area contributed by atoms with Crippen molar-refractivity contribution in [1.29, 1.82) is 0 Å². The van der Waals surface area contributed by atoms with E-state index >= 15 is 0 Å². The number of piperidine rings is 1. The molecule has 1 atom stereocenters. The minimum atomic E-state index is -0.132. The summed E-state index contributed by atoms with van der Waals surface area (Å²) in [5, 5.41) is 6.05. The predicted molar refractivity (Wildman–Crippen MR) is 81.2 cm³/mol. The van der Waals surface area contributed by atoms with E-state index in [-0.39, 0.29) is 5.91 Å². The number of hydrogen-bond donors (Lipinski definition) is 2. The molecule has 20 heavy (non-hydrogen) atoms. The van der Waals surface area contributed by atoms with Gasteiger partial charge in [-0.2, -0.15) is 0 Å². The number of carbonyl (C=O) groups excluding carboxylic acids is 1. The Hall–Kier alpha value is -1.62. The molecule has 2 rings (SSSR count). The number of aromatic nitrogens is 1. The van der Waals surface area contributed by atoms with Gasteiger partial charge in [0.15, 0.2) is 0 Å². The van der Waals surface area contributed by atoms with Crippen molar-refractivity contribution in [3.63, 3.8) is 0 Å². The lowest BCUT2D eigenvalue weighted by Crippen LogP contribution is -2.45. The van der Waals surface area contributed by atoms with Crippen LogP contribution in [0.3, 0.4) is 0 Å². The number of nitrogens with zero attached hydrogens (tertiary/aromatic N) is 2. The smallest absolute Gasteiger partial charge is 0.269 e. The van der Waals surface area contributed by atoms with Gasteiger partial charge in [-0.15, -0.1) is 0 Å². The van der Waals surface area contributed by atoms with Gasteiger partial charge in [0.1, 0.15) is 5.69 Å². The van der Waals surface area contributed by atoms with Gasteiger partial charge in [-0.3, -0.25) is 9.78 Å². The molecule has 1 aliphatic rings. The summed E-state index contributed by atoms with van der Waals surface area (Å²) in [5.41, 5.74) is 1.58. The summed E-state index contributed by atoms with van der Waals surface area (Å²) in [7, 11) is 1.63. The monoisotopic (exact) mass is 276 g/mol. The average molecular weight is 276 g/mol. The maximum absolute atomic E-state index is 11.7. The molecule has 5 nitrogen and oxygen atoms in total. The van der Waals surface area contributed by atoms with E-state index < -0.39 is 0 Å². The predicted octanol–water partition coefficient (Wildman–Crippen LogP) is 1.41. The molecule has 1 unspecified atom stereocenters. The van der Waals surface area contributed by atoms with Crippen LogP contribution in [0.2, 0.25) is 0 Å². The lowest BCUT2D eigenvalue weighted by molar-refractivity contribution is 0.0958. The fourth-order valence-electron chi connectivity index (χ4n) is 2.71. The quantitative estimate of drug-likeness (QED) is 0.854. The summed E-state index contributed by atoms with van der Waals surface area (Å²) in [6.07, 6.45) is 5.41. The van der Waals surface area contributed by atoms with Crippen LogP contribution < -0.4 is 15.5 Å². The number of carbonyl (C=O) groups is 1. The molecule has 1 aliphatic heterocycles. The van der Waals surface area contributed by atoms with Gasteiger partial charge in [0.25, 0.3) is 5.91 Å². The number of anilines is 1. The van der Waals surface area contributed by atoms with Gasteiger partial charge in [-0.1, -0.05) is 6.92 Å². The largest absolute Gasteiger partial charge is 0.367 e. The van der Waals surface area contributed by atoms with Gasteiger partial charge in [-0.05, 0) is 37.9 Å². The van der Waals surface area contributed by atoms with Gasteiger partial charge in [0.05, 0.1) is 0 Å². The molecule has 1 aromatic heterocycles. The van der Waals surface area contributed by atoms with E-state index in [4.69, 9.17) is 0 Å². The first-order valence-electron chi connectivity index (χ1n) is 7.41. The number of pyridine rings is 1. The van der Waals surface area contributed by atoms with Crippen molar-refractivity contribution in [2.75, 3.05) is 31.6 Å². The van der Waals surface area contributed by atoms with E-state index in [9.17, 15) is 4.79 Å². The third-order valence-electron chi connectivity index (χ3n) is 3.79. The molecule has 1 saturated heterocycles. The molecule has 0 spiro atoms. The maximum atomic E-state index is 11.7. The zero-order chi connectivity index (χ0) is 14.4. The minimum Gasteiger partial charge on any atom is -0.367 e. The standard InChI is InChI=1S/C15H24N4O/c1-3-17-11-13-6-4-5-9-19(13)12-7-8-18-14(10-12)15(20)16-2/h7-8,10,13,17H,3-6,9,11H2,1-2H3,(H,16,20). The second-order valence-corrected chi connectivity index (χ2v) is 5.13. The van der Waals surface area contributed by atoms with Crippen molar-refractivity contribution in [3.05, 3.63) is 24.0 Å². The summed E-state index contributed by atoms with van der Waals surface area (Å²) >= 11 is 0. The van der Waals surface area contributed by atoms with Crippen molar-refractivity contribution in [2.24, 2.45) is 0 Å². The minimum absolute atomic E-state index is 0.132. The summed E-state index contributed by atoms with van der Waals surface area (Å²) in [6.45, 7) is 5.16. The Bertz CT molecular complexity index is 449. The number of likely N-dealkylation sites (N-methyl/N-ethyl adjacent to an activating group) is 1. The second kappa shape index (κ2) is 7.24. The van der Waals surface area contributed by atoms with E-state index in [1.54, 1.807) is 13.2 Å². The molecule has 1 amide bonds. The summed E-state index contributed by atoms with van der Waals surface area (Å²) in [5.74, 6) is -0.132. The SMILES string of the molecule is CCNCC1CCCCN1c1ccnc(C(=O)NC)c1. The number of hydrogen-bond acceptors (Lipinski definition) is 4. The van der Waals surface area contributed by atoms with Crippen LogP contribution in [0.4, 0.5) is 5.69 Å². The fourth-order valence-corrected chi connectivity index (χ4v) is 2.71. The summed E-state index contributed by atoms with van der Waals surface area (Å²) < 4.78 is 0. The highest BCUT2D eigenvalue weighted by Crippen LogP contribution is 2.24. The number of amides is 1. The van der Waals surface area contributed by atoms with Gasteiger partial charge >= 0.3 is 0 Å². The number of rotatable bonds is 5. The zero-order valence-corrected chi connectivity index (χ0v) is 12.4. The topological polar surface area (TPSA) is 57.3 Å². The van der Waals surface area contributed by atoms with Crippen LogP contribution in [-0.2, 0) is 0 Å². The molecule has 0 bridgehead atoms. The molecule has 0 aliphatic carbocycles. The van der Waals surface area contributed by atoms with Gasteiger partial charge in [-0.25, -0.2) is 0 Å². The van der Waals surface area contributed by atoms with Crippen LogP contribution in [0.15, 0.2) is 18.3 Å². The van der Waals surface area contributed by atoms with E-state index in [0.29, 0.717) is 11.7 Å².